The van der Waals surface area contributed by atoms with Gasteiger partial charge in [-0.15, -0.1) is 0 Å². The van der Waals surface area contributed by atoms with Gasteiger partial charge in [0.05, 0.1) is 24.2 Å². The summed E-state index contributed by atoms with van der Waals surface area (Å²) in [4.78, 5) is 11.7. The van der Waals surface area contributed by atoms with Crippen LogP contribution in [0.1, 0.15) is 6.92 Å². The van der Waals surface area contributed by atoms with Gasteiger partial charge in [0, 0.05) is 41.9 Å². The van der Waals surface area contributed by atoms with Crippen molar-refractivity contribution in [3.05, 3.63) is 24.3 Å². The standard InChI is InChI=1S/C16H22N4O2S/c1-12(23(2)21)11-17-15-16(20-7-9-22-10-8-20)19-14-6-4-3-5-13(14)18-15/h3-6,12H,7-11H2,1-2H3,(H,17,18)/t12-,23+/m1/s1. The molecule has 0 unspecified atom stereocenters. The summed E-state index contributed by atoms with van der Waals surface area (Å²) in [5, 5.41) is 3.39. The minimum atomic E-state index is -0.867. The van der Waals surface area contributed by atoms with Crippen molar-refractivity contribution in [1.29, 1.82) is 0 Å². The van der Waals surface area contributed by atoms with Crippen LogP contribution >= 0.6 is 0 Å². The van der Waals surface area contributed by atoms with Crippen molar-refractivity contribution in [2.75, 3.05) is 49.3 Å². The van der Waals surface area contributed by atoms with Gasteiger partial charge < -0.3 is 15.0 Å². The molecule has 1 fully saturated rings. The van der Waals surface area contributed by atoms with Crippen LogP contribution in [0, 0.1) is 0 Å². The SMILES string of the molecule is C[C@H](CNc1nc2ccccc2nc1N1CCOCC1)[S@](C)=O. The van der Waals surface area contributed by atoms with E-state index in [0.717, 1.165) is 35.8 Å². The van der Waals surface area contributed by atoms with Crippen LogP contribution in [0.3, 0.4) is 0 Å². The second-order valence-corrected chi connectivity index (χ2v) is 7.48. The Morgan fingerprint density at radius 3 is 2.57 bits per heavy atom. The van der Waals surface area contributed by atoms with E-state index in [1.165, 1.54) is 0 Å². The summed E-state index contributed by atoms with van der Waals surface area (Å²) in [5.41, 5.74) is 1.74. The van der Waals surface area contributed by atoms with Gasteiger partial charge in [-0.25, -0.2) is 9.97 Å². The number of aromatic nitrogens is 2. The van der Waals surface area contributed by atoms with Crippen LogP contribution in [-0.4, -0.2) is 58.5 Å². The number of benzene rings is 1. The van der Waals surface area contributed by atoms with E-state index in [4.69, 9.17) is 14.7 Å². The Kier molecular flexibility index (Phi) is 5.07. The molecule has 1 aliphatic rings. The zero-order valence-electron chi connectivity index (χ0n) is 13.5. The molecule has 1 N–H and O–H groups in total. The molecule has 3 rings (SSSR count). The van der Waals surface area contributed by atoms with Crippen molar-refractivity contribution in [2.45, 2.75) is 12.2 Å². The fraction of sp³-hybridized carbons (Fsp3) is 0.500. The van der Waals surface area contributed by atoms with Crippen LogP contribution in [0.5, 0.6) is 0 Å². The molecule has 0 spiro atoms. The molecule has 1 saturated heterocycles. The number of nitrogens with one attached hydrogen (secondary N) is 1. The highest BCUT2D eigenvalue weighted by Crippen LogP contribution is 2.25. The van der Waals surface area contributed by atoms with Gasteiger partial charge in [-0.05, 0) is 19.1 Å². The molecule has 2 aromatic rings. The fourth-order valence-corrected chi connectivity index (χ4v) is 2.78. The van der Waals surface area contributed by atoms with Gasteiger partial charge in [-0.3, -0.25) is 4.21 Å². The number of hydrogen-bond donors (Lipinski definition) is 1. The highest BCUT2D eigenvalue weighted by Gasteiger charge is 2.19. The first-order valence-corrected chi connectivity index (χ1v) is 9.43. The lowest BCUT2D eigenvalue weighted by molar-refractivity contribution is 0.122. The average molecular weight is 334 g/mol. The summed E-state index contributed by atoms with van der Waals surface area (Å²) in [6, 6.07) is 7.85. The Labute approximate surface area is 138 Å². The number of rotatable bonds is 5. The van der Waals surface area contributed by atoms with Gasteiger partial charge in [0.1, 0.15) is 0 Å². The Hall–Kier alpha value is -1.73. The lowest BCUT2D eigenvalue weighted by Crippen LogP contribution is -2.37. The molecule has 6 nitrogen and oxygen atoms in total. The number of fused-ring (bicyclic) bond motifs is 1. The van der Waals surface area contributed by atoms with E-state index in [9.17, 15) is 4.21 Å². The van der Waals surface area contributed by atoms with Crippen LogP contribution in [0.25, 0.3) is 11.0 Å². The molecule has 1 aromatic carbocycles. The molecule has 124 valence electrons. The summed E-state index contributed by atoms with van der Waals surface area (Å²) >= 11 is 0. The van der Waals surface area contributed by atoms with Gasteiger partial charge >= 0.3 is 0 Å². The summed E-state index contributed by atoms with van der Waals surface area (Å²) in [7, 11) is -0.867. The van der Waals surface area contributed by atoms with Crippen LogP contribution in [0.2, 0.25) is 0 Å². The Morgan fingerprint density at radius 2 is 1.91 bits per heavy atom. The third-order valence-electron chi connectivity index (χ3n) is 3.99. The lowest BCUT2D eigenvalue weighted by Gasteiger charge is -2.29. The van der Waals surface area contributed by atoms with E-state index < -0.39 is 10.8 Å². The predicted octanol–water partition coefficient (Wildman–Crippen LogP) is 1.65. The third kappa shape index (κ3) is 3.79. The molecule has 2 atom stereocenters. The average Bonchev–Trinajstić information content (AvgIpc) is 2.59. The smallest absolute Gasteiger partial charge is 0.172 e. The van der Waals surface area contributed by atoms with Crippen LogP contribution in [-0.2, 0) is 15.5 Å². The lowest BCUT2D eigenvalue weighted by atomic mass is 10.3. The molecule has 2 heterocycles. The van der Waals surface area contributed by atoms with Crippen LogP contribution < -0.4 is 10.2 Å². The minimum Gasteiger partial charge on any atom is -0.378 e. The highest BCUT2D eigenvalue weighted by atomic mass is 32.2. The maximum Gasteiger partial charge on any atom is 0.172 e. The number of anilines is 2. The normalized spacial score (nSPS) is 17.9. The van der Waals surface area contributed by atoms with Gasteiger partial charge in [-0.1, -0.05) is 12.1 Å². The monoisotopic (exact) mass is 334 g/mol. The van der Waals surface area contributed by atoms with E-state index in [0.29, 0.717) is 19.8 Å². The van der Waals surface area contributed by atoms with Crippen LogP contribution in [0.15, 0.2) is 24.3 Å². The first-order chi connectivity index (χ1) is 11.1. The molecular formula is C16H22N4O2S. The fourth-order valence-electron chi connectivity index (χ4n) is 2.46. The maximum atomic E-state index is 11.6. The van der Waals surface area contributed by atoms with E-state index in [1.807, 2.05) is 31.2 Å². The van der Waals surface area contributed by atoms with Crippen molar-refractivity contribution in [1.82, 2.24) is 9.97 Å². The Balaban J connectivity index is 1.93. The largest absolute Gasteiger partial charge is 0.378 e. The van der Waals surface area contributed by atoms with Crippen molar-refractivity contribution >= 4 is 33.5 Å². The number of nitrogens with zero attached hydrogens (tertiary/aromatic N) is 3. The molecule has 0 bridgehead atoms. The quantitative estimate of drug-likeness (QED) is 0.897. The molecule has 1 aliphatic heterocycles. The molecule has 7 heteroatoms. The number of ether oxygens (including phenoxy) is 1. The van der Waals surface area contributed by atoms with Gasteiger partial charge in [-0.2, -0.15) is 0 Å². The number of hydrogen-bond acceptors (Lipinski definition) is 6. The molecule has 0 aliphatic carbocycles. The van der Waals surface area contributed by atoms with Crippen LogP contribution in [0.4, 0.5) is 11.6 Å². The van der Waals surface area contributed by atoms with Gasteiger partial charge in [0.25, 0.3) is 0 Å². The molecular weight excluding hydrogens is 312 g/mol. The predicted molar refractivity (Wildman–Crippen MR) is 94.6 cm³/mol. The minimum absolute atomic E-state index is 0.0563. The zero-order chi connectivity index (χ0) is 16.2. The van der Waals surface area contributed by atoms with Crippen molar-refractivity contribution in [3.8, 4) is 0 Å². The number of para-hydroxylation sites is 2. The van der Waals surface area contributed by atoms with E-state index in [-0.39, 0.29) is 5.25 Å². The number of morpholine rings is 1. The summed E-state index contributed by atoms with van der Waals surface area (Å²) < 4.78 is 17.0. The maximum absolute atomic E-state index is 11.6. The van der Waals surface area contributed by atoms with E-state index >= 15 is 0 Å². The van der Waals surface area contributed by atoms with Crippen molar-refractivity contribution < 1.29 is 8.95 Å². The van der Waals surface area contributed by atoms with Gasteiger partial charge in [0.2, 0.25) is 0 Å². The molecule has 0 amide bonds. The summed E-state index contributed by atoms with van der Waals surface area (Å²) in [6.07, 6.45) is 1.72. The first-order valence-electron chi connectivity index (χ1n) is 7.80. The first kappa shape index (κ1) is 16.1. The van der Waals surface area contributed by atoms with E-state index in [1.54, 1.807) is 6.26 Å². The molecule has 23 heavy (non-hydrogen) atoms. The Bertz CT molecular complexity index is 704. The molecule has 0 radical (unpaired) electrons. The summed E-state index contributed by atoms with van der Waals surface area (Å²) in [6.45, 7) is 5.57. The molecule has 1 aromatic heterocycles. The third-order valence-corrected chi connectivity index (χ3v) is 5.29. The van der Waals surface area contributed by atoms with Gasteiger partial charge in [0.15, 0.2) is 11.6 Å². The van der Waals surface area contributed by atoms with Crippen molar-refractivity contribution in [2.24, 2.45) is 0 Å². The second-order valence-electron chi connectivity index (χ2n) is 5.67. The Morgan fingerprint density at radius 1 is 1.26 bits per heavy atom. The van der Waals surface area contributed by atoms with Crippen molar-refractivity contribution in [3.63, 3.8) is 0 Å². The second kappa shape index (κ2) is 7.23. The molecule has 0 saturated carbocycles. The summed E-state index contributed by atoms with van der Waals surface area (Å²) in [5.74, 6) is 1.60. The highest BCUT2D eigenvalue weighted by molar-refractivity contribution is 7.84. The van der Waals surface area contributed by atoms with E-state index in [2.05, 4.69) is 10.2 Å². The zero-order valence-corrected chi connectivity index (χ0v) is 14.3. The topological polar surface area (TPSA) is 67.3 Å².